The number of aromatic nitrogens is 2. The van der Waals surface area contributed by atoms with Crippen LogP contribution in [-0.4, -0.2) is 59.5 Å². The number of carbonyl (C=O) groups excluding carboxylic acids is 1. The molecule has 3 rings (SSSR count). The Hall–Kier alpha value is -3.18. The Kier molecular flexibility index (Phi) is 7.88. The van der Waals surface area contributed by atoms with Crippen LogP contribution in [0, 0.1) is 16.7 Å². The predicted octanol–water partition coefficient (Wildman–Crippen LogP) is 3.27. The lowest BCUT2D eigenvalue weighted by molar-refractivity contribution is 0.0951. The van der Waals surface area contributed by atoms with Crippen LogP contribution >= 0.6 is 0 Å². The van der Waals surface area contributed by atoms with Gasteiger partial charge in [0, 0.05) is 68.3 Å². The van der Waals surface area contributed by atoms with Crippen molar-refractivity contribution < 1.29 is 4.79 Å². The second-order valence-corrected chi connectivity index (χ2v) is 9.94. The van der Waals surface area contributed by atoms with Crippen LogP contribution in [0.4, 0.5) is 11.5 Å². The molecule has 1 aliphatic heterocycles. The summed E-state index contributed by atoms with van der Waals surface area (Å²) in [5.74, 6) is 0.524. The first-order valence-electron chi connectivity index (χ1n) is 11.5. The normalized spacial score (nSPS) is 14.8. The molecule has 1 saturated heterocycles. The lowest BCUT2D eigenvalue weighted by atomic mass is 9.97. The molecule has 0 unspecified atom stereocenters. The number of nitriles is 1. The molecule has 0 aliphatic carbocycles. The summed E-state index contributed by atoms with van der Waals surface area (Å²) in [5.41, 5.74) is 2.54. The van der Waals surface area contributed by atoms with Crippen LogP contribution in [0.25, 0.3) is 0 Å². The number of nitrogens with one attached hydrogen (secondary N) is 2. The molecule has 0 atom stereocenters. The van der Waals surface area contributed by atoms with E-state index in [-0.39, 0.29) is 23.7 Å². The van der Waals surface area contributed by atoms with E-state index in [0.717, 1.165) is 37.4 Å². The molecule has 1 amide bonds. The van der Waals surface area contributed by atoms with E-state index in [1.54, 1.807) is 6.20 Å². The first-order chi connectivity index (χ1) is 15.7. The van der Waals surface area contributed by atoms with Crippen molar-refractivity contribution in [3.63, 3.8) is 0 Å². The summed E-state index contributed by atoms with van der Waals surface area (Å²) in [4.78, 5) is 25.9. The molecule has 176 valence electrons. The quantitative estimate of drug-likeness (QED) is 0.669. The highest BCUT2D eigenvalue weighted by molar-refractivity contribution is 5.94. The maximum Gasteiger partial charge on any atom is 0.251 e. The fraction of sp³-hybridized carbons (Fsp3) is 0.520. The zero-order valence-corrected chi connectivity index (χ0v) is 20.4. The molecule has 2 heterocycles. The molecule has 8 heteroatoms. The van der Waals surface area contributed by atoms with Gasteiger partial charge in [0.25, 0.3) is 5.91 Å². The van der Waals surface area contributed by atoms with Crippen molar-refractivity contribution in [1.29, 1.82) is 5.26 Å². The van der Waals surface area contributed by atoms with Crippen LogP contribution in [0.3, 0.4) is 0 Å². The van der Waals surface area contributed by atoms with E-state index in [4.69, 9.17) is 5.26 Å². The Bertz CT molecular complexity index is 981. The van der Waals surface area contributed by atoms with Crippen molar-refractivity contribution in [1.82, 2.24) is 20.2 Å². The number of anilines is 2. The molecule has 1 aromatic carbocycles. The minimum atomic E-state index is -0.155. The van der Waals surface area contributed by atoms with E-state index in [9.17, 15) is 4.79 Å². The molecule has 0 spiro atoms. The maximum atomic E-state index is 12.7. The third-order valence-corrected chi connectivity index (χ3v) is 5.73. The standard InChI is InChI=1S/C25H35N7O/c1-18(2)31-10-12-32(13-11-31)21-8-6-19(7-9-21)24(33)28-16-20-15-27-22(14-26)30-23(20)29-17-25(3,4)5/h6-9,15,18H,10-13,16-17H2,1-5H3,(H,28,33)(H,27,29,30). The van der Waals surface area contributed by atoms with E-state index in [0.29, 0.717) is 24.0 Å². The molecule has 1 aromatic heterocycles. The molecule has 8 nitrogen and oxygen atoms in total. The molecule has 33 heavy (non-hydrogen) atoms. The van der Waals surface area contributed by atoms with Crippen LogP contribution in [-0.2, 0) is 6.54 Å². The number of rotatable bonds is 7. The second kappa shape index (κ2) is 10.6. The first kappa shape index (κ1) is 24.5. The number of hydrogen-bond acceptors (Lipinski definition) is 7. The van der Waals surface area contributed by atoms with E-state index < -0.39 is 0 Å². The topological polar surface area (TPSA) is 97.2 Å². The summed E-state index contributed by atoms with van der Waals surface area (Å²) in [6.45, 7) is 15.9. The largest absolute Gasteiger partial charge is 0.369 e. The minimum Gasteiger partial charge on any atom is -0.369 e. The van der Waals surface area contributed by atoms with Gasteiger partial charge in [0.15, 0.2) is 0 Å². The van der Waals surface area contributed by atoms with Crippen LogP contribution in [0.5, 0.6) is 0 Å². The summed E-state index contributed by atoms with van der Waals surface area (Å²) in [5, 5.41) is 15.4. The molecule has 1 fully saturated rings. The third-order valence-electron chi connectivity index (χ3n) is 5.73. The lowest BCUT2D eigenvalue weighted by Crippen LogP contribution is -2.48. The Morgan fingerprint density at radius 3 is 2.39 bits per heavy atom. The summed E-state index contributed by atoms with van der Waals surface area (Å²) < 4.78 is 0. The number of amides is 1. The average molecular weight is 450 g/mol. The van der Waals surface area contributed by atoms with E-state index >= 15 is 0 Å². The van der Waals surface area contributed by atoms with Crippen LogP contribution in [0.1, 0.15) is 56.4 Å². The van der Waals surface area contributed by atoms with Crippen molar-refractivity contribution in [2.24, 2.45) is 5.41 Å². The van der Waals surface area contributed by atoms with Gasteiger partial charge in [-0.3, -0.25) is 9.69 Å². The number of benzene rings is 1. The highest BCUT2D eigenvalue weighted by Gasteiger charge is 2.19. The Morgan fingerprint density at radius 1 is 1.15 bits per heavy atom. The molecular weight excluding hydrogens is 414 g/mol. The number of carbonyl (C=O) groups is 1. The smallest absolute Gasteiger partial charge is 0.251 e. The highest BCUT2D eigenvalue weighted by Crippen LogP contribution is 2.19. The number of nitrogens with zero attached hydrogens (tertiary/aromatic N) is 5. The van der Waals surface area contributed by atoms with Crippen molar-refractivity contribution in [3.05, 3.63) is 47.4 Å². The lowest BCUT2D eigenvalue weighted by Gasteiger charge is -2.38. The maximum absolute atomic E-state index is 12.7. The summed E-state index contributed by atoms with van der Waals surface area (Å²) >= 11 is 0. The summed E-state index contributed by atoms with van der Waals surface area (Å²) in [7, 11) is 0. The summed E-state index contributed by atoms with van der Waals surface area (Å²) in [6, 6.07) is 10.3. The predicted molar refractivity (Wildman–Crippen MR) is 131 cm³/mol. The molecular formula is C25H35N7O. The van der Waals surface area contributed by atoms with Gasteiger partial charge in [0.05, 0.1) is 0 Å². The molecule has 0 bridgehead atoms. The minimum absolute atomic E-state index is 0.0431. The van der Waals surface area contributed by atoms with Gasteiger partial charge in [0.1, 0.15) is 11.9 Å². The van der Waals surface area contributed by atoms with Gasteiger partial charge in [-0.2, -0.15) is 5.26 Å². The summed E-state index contributed by atoms with van der Waals surface area (Å²) in [6.07, 6.45) is 1.59. The zero-order chi connectivity index (χ0) is 24.0. The molecule has 1 aliphatic rings. The van der Waals surface area contributed by atoms with Gasteiger partial charge in [-0.15, -0.1) is 0 Å². The van der Waals surface area contributed by atoms with Crippen molar-refractivity contribution >= 4 is 17.4 Å². The van der Waals surface area contributed by atoms with Gasteiger partial charge < -0.3 is 15.5 Å². The zero-order valence-electron chi connectivity index (χ0n) is 20.4. The molecule has 0 saturated carbocycles. The SMILES string of the molecule is CC(C)N1CCN(c2ccc(C(=O)NCc3cnc(C#N)nc3NCC(C)(C)C)cc2)CC1. The fourth-order valence-electron chi connectivity index (χ4n) is 3.69. The van der Waals surface area contributed by atoms with Gasteiger partial charge >= 0.3 is 0 Å². The van der Waals surface area contributed by atoms with E-state index in [1.165, 1.54) is 0 Å². The van der Waals surface area contributed by atoms with Crippen LogP contribution in [0.2, 0.25) is 0 Å². The second-order valence-electron chi connectivity index (χ2n) is 9.94. The first-order valence-corrected chi connectivity index (χ1v) is 11.5. The fourth-order valence-corrected chi connectivity index (χ4v) is 3.69. The highest BCUT2D eigenvalue weighted by atomic mass is 16.1. The van der Waals surface area contributed by atoms with E-state index in [2.05, 4.69) is 65.0 Å². The third kappa shape index (κ3) is 6.90. The van der Waals surface area contributed by atoms with Crippen molar-refractivity contribution in [2.75, 3.05) is 42.9 Å². The molecule has 2 aromatic rings. The number of piperazine rings is 1. The van der Waals surface area contributed by atoms with Gasteiger partial charge in [0.2, 0.25) is 5.82 Å². The van der Waals surface area contributed by atoms with Gasteiger partial charge in [-0.05, 0) is 43.5 Å². The Labute approximate surface area is 197 Å². The Morgan fingerprint density at radius 2 is 1.82 bits per heavy atom. The van der Waals surface area contributed by atoms with Crippen molar-refractivity contribution in [2.45, 2.75) is 47.2 Å². The van der Waals surface area contributed by atoms with Gasteiger partial charge in [-0.25, -0.2) is 9.97 Å². The molecule has 2 N–H and O–H groups in total. The van der Waals surface area contributed by atoms with Crippen molar-refractivity contribution in [3.8, 4) is 6.07 Å². The van der Waals surface area contributed by atoms with E-state index in [1.807, 2.05) is 30.3 Å². The van der Waals surface area contributed by atoms with Crippen LogP contribution < -0.4 is 15.5 Å². The Balaban J connectivity index is 1.60. The van der Waals surface area contributed by atoms with Crippen LogP contribution in [0.15, 0.2) is 30.5 Å². The average Bonchev–Trinajstić information content (AvgIpc) is 2.81. The van der Waals surface area contributed by atoms with Gasteiger partial charge in [-0.1, -0.05) is 20.8 Å². The molecule has 0 radical (unpaired) electrons. The monoisotopic (exact) mass is 449 g/mol. The number of hydrogen-bond donors (Lipinski definition) is 2.